The Morgan fingerprint density at radius 3 is 2.40 bits per heavy atom. The van der Waals surface area contributed by atoms with E-state index < -0.39 is 5.97 Å². The minimum atomic E-state index is -0.413. The van der Waals surface area contributed by atoms with Gasteiger partial charge in [0.2, 0.25) is 0 Å². The molecule has 104 valence electrons. The van der Waals surface area contributed by atoms with Crippen molar-refractivity contribution in [3.63, 3.8) is 0 Å². The van der Waals surface area contributed by atoms with E-state index in [1.54, 1.807) is 42.2 Å². The van der Waals surface area contributed by atoms with Crippen molar-refractivity contribution in [3.05, 3.63) is 47.3 Å². The minimum absolute atomic E-state index is 0.283. The number of amides is 1. The zero-order valence-electron chi connectivity index (χ0n) is 11.5. The summed E-state index contributed by atoms with van der Waals surface area (Å²) in [6, 6.07) is 6.46. The maximum absolute atomic E-state index is 12.0. The molecule has 0 atom stereocenters. The average molecular weight is 273 g/mol. The van der Waals surface area contributed by atoms with Crippen LogP contribution >= 0.6 is 0 Å². The molecular weight excluding hydrogens is 258 g/mol. The van der Waals surface area contributed by atoms with E-state index in [2.05, 4.69) is 15.2 Å². The molecule has 0 saturated heterocycles. The van der Waals surface area contributed by atoms with E-state index >= 15 is 0 Å². The minimum Gasteiger partial charge on any atom is -0.465 e. The Kier molecular flexibility index (Phi) is 3.84. The van der Waals surface area contributed by atoms with Crippen molar-refractivity contribution in [2.24, 2.45) is 7.05 Å². The van der Waals surface area contributed by atoms with Crippen molar-refractivity contribution in [2.45, 2.75) is 6.92 Å². The fraction of sp³-hybridized carbons (Fsp3) is 0.214. The lowest BCUT2D eigenvalue weighted by Crippen LogP contribution is -2.14. The molecule has 0 bridgehead atoms. The SMILES string of the molecule is COC(=O)c1ccc(NC(=O)c2nn(C)cc2C)cc1. The average Bonchev–Trinajstić information content (AvgIpc) is 2.78. The van der Waals surface area contributed by atoms with Gasteiger partial charge >= 0.3 is 5.97 Å². The summed E-state index contributed by atoms with van der Waals surface area (Å²) < 4.78 is 6.19. The van der Waals surface area contributed by atoms with Gasteiger partial charge in [0.05, 0.1) is 12.7 Å². The molecule has 1 heterocycles. The van der Waals surface area contributed by atoms with Crippen LogP contribution in [0.25, 0.3) is 0 Å². The molecule has 2 aromatic rings. The number of methoxy groups -OCH3 is 1. The van der Waals surface area contributed by atoms with Gasteiger partial charge in [-0.2, -0.15) is 5.10 Å². The number of rotatable bonds is 3. The summed E-state index contributed by atoms with van der Waals surface area (Å²) in [6.07, 6.45) is 1.77. The second-order valence-electron chi connectivity index (χ2n) is 4.36. The van der Waals surface area contributed by atoms with Crippen molar-refractivity contribution >= 4 is 17.6 Å². The van der Waals surface area contributed by atoms with Crippen LogP contribution in [0.4, 0.5) is 5.69 Å². The molecule has 0 spiro atoms. The lowest BCUT2D eigenvalue weighted by atomic mass is 10.2. The van der Waals surface area contributed by atoms with Gasteiger partial charge in [0.15, 0.2) is 5.69 Å². The topological polar surface area (TPSA) is 73.2 Å². The second-order valence-corrected chi connectivity index (χ2v) is 4.36. The molecule has 1 aromatic carbocycles. The maximum Gasteiger partial charge on any atom is 0.337 e. The highest BCUT2D eigenvalue weighted by atomic mass is 16.5. The quantitative estimate of drug-likeness (QED) is 0.865. The number of anilines is 1. The van der Waals surface area contributed by atoms with Gasteiger partial charge in [0, 0.05) is 24.5 Å². The molecule has 1 aromatic heterocycles. The summed E-state index contributed by atoms with van der Waals surface area (Å²) in [5.41, 5.74) is 2.20. The number of hydrogen-bond acceptors (Lipinski definition) is 4. The normalized spacial score (nSPS) is 10.2. The van der Waals surface area contributed by atoms with Crippen molar-refractivity contribution in [1.29, 1.82) is 0 Å². The molecule has 0 unspecified atom stereocenters. The summed E-state index contributed by atoms with van der Waals surface area (Å²) >= 11 is 0. The molecule has 6 heteroatoms. The molecule has 0 aliphatic carbocycles. The zero-order chi connectivity index (χ0) is 14.7. The van der Waals surface area contributed by atoms with Gasteiger partial charge in [-0.25, -0.2) is 4.79 Å². The number of nitrogens with one attached hydrogen (secondary N) is 1. The molecule has 0 radical (unpaired) electrons. The number of hydrogen-bond donors (Lipinski definition) is 1. The number of esters is 1. The molecular formula is C14H15N3O3. The van der Waals surface area contributed by atoms with E-state index in [9.17, 15) is 9.59 Å². The fourth-order valence-electron chi connectivity index (χ4n) is 1.83. The van der Waals surface area contributed by atoms with E-state index in [0.717, 1.165) is 5.56 Å². The fourth-order valence-corrected chi connectivity index (χ4v) is 1.83. The third-order valence-electron chi connectivity index (χ3n) is 2.79. The first kappa shape index (κ1) is 13.8. The van der Waals surface area contributed by atoms with Crippen LogP contribution in [0.5, 0.6) is 0 Å². The number of ether oxygens (including phenoxy) is 1. The van der Waals surface area contributed by atoms with E-state index in [-0.39, 0.29) is 5.91 Å². The molecule has 1 N–H and O–H groups in total. The lowest BCUT2D eigenvalue weighted by Gasteiger charge is -2.05. The Bertz CT molecular complexity index is 644. The molecule has 20 heavy (non-hydrogen) atoms. The summed E-state index contributed by atoms with van der Waals surface area (Å²) in [6.45, 7) is 1.82. The van der Waals surface area contributed by atoms with Gasteiger partial charge in [-0.1, -0.05) is 0 Å². The Morgan fingerprint density at radius 1 is 1.25 bits per heavy atom. The standard InChI is InChI=1S/C14H15N3O3/c1-9-8-17(2)16-12(9)13(18)15-11-6-4-10(5-7-11)14(19)20-3/h4-8H,1-3H3,(H,15,18). The zero-order valence-corrected chi connectivity index (χ0v) is 11.5. The van der Waals surface area contributed by atoms with Crippen LogP contribution in [0.3, 0.4) is 0 Å². The number of benzene rings is 1. The summed E-state index contributed by atoms with van der Waals surface area (Å²) in [4.78, 5) is 23.3. The first-order valence-corrected chi connectivity index (χ1v) is 6.01. The predicted octanol–water partition coefficient (Wildman–Crippen LogP) is 1.77. The van der Waals surface area contributed by atoms with Gasteiger partial charge in [0.1, 0.15) is 0 Å². The van der Waals surface area contributed by atoms with Crippen LogP contribution in [-0.2, 0) is 11.8 Å². The number of aromatic nitrogens is 2. The third-order valence-corrected chi connectivity index (χ3v) is 2.79. The second kappa shape index (κ2) is 5.56. The van der Waals surface area contributed by atoms with Gasteiger partial charge in [-0.05, 0) is 31.2 Å². The van der Waals surface area contributed by atoms with E-state index in [1.165, 1.54) is 7.11 Å². The first-order valence-electron chi connectivity index (χ1n) is 6.01. The molecule has 0 aliphatic heterocycles. The highest BCUT2D eigenvalue weighted by Gasteiger charge is 2.13. The van der Waals surface area contributed by atoms with E-state index in [4.69, 9.17) is 0 Å². The van der Waals surface area contributed by atoms with Crippen molar-refractivity contribution in [2.75, 3.05) is 12.4 Å². The largest absolute Gasteiger partial charge is 0.465 e. The molecule has 0 saturated carbocycles. The maximum atomic E-state index is 12.0. The molecule has 0 aliphatic rings. The van der Waals surface area contributed by atoms with Gasteiger partial charge in [-0.15, -0.1) is 0 Å². The third kappa shape index (κ3) is 2.85. The Morgan fingerprint density at radius 2 is 1.90 bits per heavy atom. The van der Waals surface area contributed by atoms with Crippen LogP contribution in [0.1, 0.15) is 26.4 Å². The molecule has 0 fully saturated rings. The van der Waals surface area contributed by atoms with Crippen LogP contribution in [-0.4, -0.2) is 28.8 Å². The monoisotopic (exact) mass is 273 g/mol. The summed E-state index contributed by atoms with van der Waals surface area (Å²) in [7, 11) is 3.08. The Balaban J connectivity index is 2.12. The van der Waals surface area contributed by atoms with Crippen LogP contribution in [0, 0.1) is 6.92 Å². The number of nitrogens with zero attached hydrogens (tertiary/aromatic N) is 2. The van der Waals surface area contributed by atoms with Crippen LogP contribution in [0.15, 0.2) is 30.5 Å². The van der Waals surface area contributed by atoms with Gasteiger partial charge in [-0.3, -0.25) is 9.48 Å². The number of aryl methyl sites for hydroxylation is 2. The molecule has 6 nitrogen and oxygen atoms in total. The lowest BCUT2D eigenvalue weighted by molar-refractivity contribution is 0.0600. The summed E-state index contributed by atoms with van der Waals surface area (Å²) in [5.74, 6) is -0.697. The van der Waals surface area contributed by atoms with Gasteiger partial charge < -0.3 is 10.1 Å². The molecule has 2 rings (SSSR count). The Hall–Kier alpha value is -2.63. The van der Waals surface area contributed by atoms with E-state index in [0.29, 0.717) is 16.9 Å². The van der Waals surface area contributed by atoms with Crippen molar-refractivity contribution in [3.8, 4) is 0 Å². The highest BCUT2D eigenvalue weighted by molar-refractivity contribution is 6.04. The highest BCUT2D eigenvalue weighted by Crippen LogP contribution is 2.13. The first-order chi connectivity index (χ1) is 9.51. The van der Waals surface area contributed by atoms with E-state index in [1.807, 2.05) is 6.92 Å². The van der Waals surface area contributed by atoms with Crippen molar-refractivity contribution < 1.29 is 14.3 Å². The van der Waals surface area contributed by atoms with Crippen molar-refractivity contribution in [1.82, 2.24) is 9.78 Å². The smallest absolute Gasteiger partial charge is 0.337 e. The van der Waals surface area contributed by atoms with Gasteiger partial charge in [0.25, 0.3) is 5.91 Å². The number of carbonyl (C=O) groups is 2. The predicted molar refractivity (Wildman–Crippen MR) is 73.7 cm³/mol. The van der Waals surface area contributed by atoms with Crippen LogP contribution < -0.4 is 5.32 Å². The number of carbonyl (C=O) groups excluding carboxylic acids is 2. The van der Waals surface area contributed by atoms with Crippen LogP contribution in [0.2, 0.25) is 0 Å². The Labute approximate surface area is 116 Å². The molecule has 1 amide bonds. The summed E-state index contributed by atoms with van der Waals surface area (Å²) in [5, 5.41) is 6.83.